The third kappa shape index (κ3) is 6.02. The summed E-state index contributed by atoms with van der Waals surface area (Å²) in [4.78, 5) is 35.0. The molecule has 0 aliphatic carbocycles. The van der Waals surface area contributed by atoms with Crippen LogP contribution in [-0.2, 0) is 20.9 Å². The Morgan fingerprint density at radius 3 is 2.68 bits per heavy atom. The zero-order valence-corrected chi connectivity index (χ0v) is 13.6. The highest BCUT2D eigenvalue weighted by molar-refractivity contribution is 5.96. The Labute approximate surface area is 144 Å². The predicted octanol–water partition coefficient (Wildman–Crippen LogP) is 0.878. The smallest absolute Gasteiger partial charge is 0.325 e. The maximum absolute atomic E-state index is 11.9. The minimum Gasteiger partial charge on any atom is -0.497 e. The number of hydrogen-bond acceptors (Lipinski definition) is 6. The molecule has 0 saturated carbocycles. The lowest BCUT2D eigenvalue weighted by atomic mass is 10.2. The van der Waals surface area contributed by atoms with Gasteiger partial charge >= 0.3 is 5.97 Å². The zero-order chi connectivity index (χ0) is 18.1. The molecule has 0 atom stereocenters. The number of benzene rings is 1. The van der Waals surface area contributed by atoms with Gasteiger partial charge in [-0.05, 0) is 30.3 Å². The van der Waals surface area contributed by atoms with Crippen LogP contribution in [0, 0.1) is 0 Å². The maximum atomic E-state index is 11.9. The van der Waals surface area contributed by atoms with Crippen molar-refractivity contribution in [3.63, 3.8) is 0 Å². The van der Waals surface area contributed by atoms with Crippen molar-refractivity contribution in [2.24, 2.45) is 0 Å². The molecule has 0 radical (unpaired) electrons. The van der Waals surface area contributed by atoms with Gasteiger partial charge in [0.15, 0.2) is 6.61 Å². The van der Waals surface area contributed by atoms with Gasteiger partial charge < -0.3 is 24.5 Å². The molecule has 0 spiro atoms. The molecule has 2 rings (SSSR count). The standard InChI is InChI=1S/C17H18N2O6/c1-23-13-5-2-4-12(8-13)17(22)19-10-16(21)25-11-15(20)18-9-14-6-3-7-24-14/h2-8H,9-11H2,1H3,(H,18,20)(H,19,22). The van der Waals surface area contributed by atoms with Crippen molar-refractivity contribution >= 4 is 17.8 Å². The molecule has 0 saturated heterocycles. The van der Waals surface area contributed by atoms with E-state index in [4.69, 9.17) is 13.9 Å². The average molecular weight is 346 g/mol. The molecule has 2 N–H and O–H groups in total. The topological polar surface area (TPSA) is 107 Å². The summed E-state index contributed by atoms with van der Waals surface area (Å²) in [6, 6.07) is 9.91. The van der Waals surface area contributed by atoms with Gasteiger partial charge in [-0.15, -0.1) is 0 Å². The van der Waals surface area contributed by atoms with Crippen LogP contribution in [0.15, 0.2) is 47.1 Å². The molecule has 132 valence electrons. The van der Waals surface area contributed by atoms with Crippen LogP contribution in [0.2, 0.25) is 0 Å². The van der Waals surface area contributed by atoms with Crippen molar-refractivity contribution in [3.05, 3.63) is 54.0 Å². The van der Waals surface area contributed by atoms with Gasteiger partial charge in [0.25, 0.3) is 11.8 Å². The Morgan fingerprint density at radius 2 is 1.96 bits per heavy atom. The molecular formula is C17H18N2O6. The number of carbonyl (C=O) groups excluding carboxylic acids is 3. The first-order chi connectivity index (χ1) is 12.1. The second-order valence-corrected chi connectivity index (χ2v) is 4.93. The molecule has 1 heterocycles. The van der Waals surface area contributed by atoms with Crippen LogP contribution in [0.5, 0.6) is 5.75 Å². The normalized spacial score (nSPS) is 9.96. The van der Waals surface area contributed by atoms with Gasteiger partial charge in [0.1, 0.15) is 18.1 Å². The van der Waals surface area contributed by atoms with Crippen LogP contribution in [-0.4, -0.2) is 38.0 Å². The highest BCUT2D eigenvalue weighted by Gasteiger charge is 2.11. The van der Waals surface area contributed by atoms with E-state index in [9.17, 15) is 14.4 Å². The number of nitrogens with one attached hydrogen (secondary N) is 2. The molecular weight excluding hydrogens is 328 g/mol. The summed E-state index contributed by atoms with van der Waals surface area (Å²) < 4.78 is 14.9. The third-order valence-electron chi connectivity index (χ3n) is 3.13. The number of ether oxygens (including phenoxy) is 2. The Kier molecular flexibility index (Phi) is 6.58. The highest BCUT2D eigenvalue weighted by atomic mass is 16.5. The molecule has 8 heteroatoms. The molecule has 0 aliphatic rings. The lowest BCUT2D eigenvalue weighted by Gasteiger charge is -2.07. The second kappa shape index (κ2) is 9.11. The van der Waals surface area contributed by atoms with E-state index in [-0.39, 0.29) is 13.1 Å². The van der Waals surface area contributed by atoms with Crippen LogP contribution in [0.4, 0.5) is 0 Å². The van der Waals surface area contributed by atoms with E-state index in [2.05, 4.69) is 10.6 Å². The SMILES string of the molecule is COc1cccc(C(=O)NCC(=O)OCC(=O)NCc2ccco2)c1. The number of furan rings is 1. The van der Waals surface area contributed by atoms with Crippen LogP contribution < -0.4 is 15.4 Å². The van der Waals surface area contributed by atoms with E-state index in [1.54, 1.807) is 36.4 Å². The first kappa shape index (κ1) is 18.1. The van der Waals surface area contributed by atoms with Crippen LogP contribution in [0.1, 0.15) is 16.1 Å². The van der Waals surface area contributed by atoms with E-state index in [1.165, 1.54) is 13.4 Å². The monoisotopic (exact) mass is 346 g/mol. The number of carbonyl (C=O) groups is 3. The highest BCUT2D eigenvalue weighted by Crippen LogP contribution is 2.12. The molecule has 2 aromatic rings. The van der Waals surface area contributed by atoms with Crippen molar-refractivity contribution in [1.29, 1.82) is 0 Å². The summed E-state index contributed by atoms with van der Waals surface area (Å²) in [6.07, 6.45) is 1.49. The maximum Gasteiger partial charge on any atom is 0.325 e. The van der Waals surface area contributed by atoms with Crippen molar-refractivity contribution in [1.82, 2.24) is 10.6 Å². The van der Waals surface area contributed by atoms with Crippen LogP contribution >= 0.6 is 0 Å². The summed E-state index contributed by atoms with van der Waals surface area (Å²) >= 11 is 0. The van der Waals surface area contributed by atoms with Crippen molar-refractivity contribution in [2.75, 3.05) is 20.3 Å². The van der Waals surface area contributed by atoms with Gasteiger partial charge in [-0.25, -0.2) is 0 Å². The molecule has 0 aliphatic heterocycles. The summed E-state index contributed by atoms with van der Waals surface area (Å²) in [7, 11) is 1.49. The molecule has 1 aromatic carbocycles. The first-order valence-electron chi connectivity index (χ1n) is 7.45. The fourth-order valence-corrected chi connectivity index (χ4v) is 1.87. The molecule has 1 aromatic heterocycles. The Balaban J connectivity index is 1.67. The molecule has 0 unspecified atom stereocenters. The Morgan fingerprint density at radius 1 is 1.12 bits per heavy atom. The fraction of sp³-hybridized carbons (Fsp3) is 0.235. The molecule has 25 heavy (non-hydrogen) atoms. The number of esters is 1. The van der Waals surface area contributed by atoms with Crippen molar-refractivity contribution < 1.29 is 28.3 Å². The molecule has 2 amide bonds. The lowest BCUT2D eigenvalue weighted by Crippen LogP contribution is -2.33. The Bertz CT molecular complexity index is 726. The van der Waals surface area contributed by atoms with Gasteiger partial charge in [0, 0.05) is 5.56 Å². The average Bonchev–Trinajstić information content (AvgIpc) is 3.16. The van der Waals surface area contributed by atoms with E-state index in [0.29, 0.717) is 17.1 Å². The molecule has 0 fully saturated rings. The van der Waals surface area contributed by atoms with Gasteiger partial charge in [0.05, 0.1) is 19.9 Å². The Hall–Kier alpha value is -3.29. The quantitative estimate of drug-likeness (QED) is 0.687. The number of amides is 2. The third-order valence-corrected chi connectivity index (χ3v) is 3.13. The van der Waals surface area contributed by atoms with Gasteiger partial charge in [-0.3, -0.25) is 14.4 Å². The van der Waals surface area contributed by atoms with Crippen molar-refractivity contribution in [2.45, 2.75) is 6.54 Å². The van der Waals surface area contributed by atoms with E-state index >= 15 is 0 Å². The largest absolute Gasteiger partial charge is 0.497 e. The summed E-state index contributed by atoms with van der Waals surface area (Å²) in [5.74, 6) is -0.514. The number of methoxy groups -OCH3 is 1. The van der Waals surface area contributed by atoms with Gasteiger partial charge in [0.2, 0.25) is 0 Å². The van der Waals surface area contributed by atoms with E-state index in [0.717, 1.165) is 0 Å². The second-order valence-electron chi connectivity index (χ2n) is 4.93. The van der Waals surface area contributed by atoms with Gasteiger partial charge in [-0.1, -0.05) is 6.07 Å². The zero-order valence-electron chi connectivity index (χ0n) is 13.6. The molecule has 8 nitrogen and oxygen atoms in total. The minimum atomic E-state index is -0.718. The summed E-state index contributed by atoms with van der Waals surface area (Å²) in [5, 5.41) is 4.95. The van der Waals surface area contributed by atoms with Gasteiger partial charge in [-0.2, -0.15) is 0 Å². The first-order valence-corrected chi connectivity index (χ1v) is 7.45. The minimum absolute atomic E-state index is 0.204. The molecule has 0 bridgehead atoms. The van der Waals surface area contributed by atoms with Crippen molar-refractivity contribution in [3.8, 4) is 5.75 Å². The van der Waals surface area contributed by atoms with Crippen LogP contribution in [0.25, 0.3) is 0 Å². The van der Waals surface area contributed by atoms with E-state index in [1.807, 2.05) is 0 Å². The van der Waals surface area contributed by atoms with E-state index < -0.39 is 24.4 Å². The summed E-state index contributed by atoms with van der Waals surface area (Å²) in [5.41, 5.74) is 0.350. The predicted molar refractivity (Wildman–Crippen MR) is 86.8 cm³/mol. The summed E-state index contributed by atoms with van der Waals surface area (Å²) in [6.45, 7) is -0.577. The fourth-order valence-electron chi connectivity index (χ4n) is 1.87. The van der Waals surface area contributed by atoms with Crippen LogP contribution in [0.3, 0.4) is 0 Å². The number of hydrogen-bond donors (Lipinski definition) is 2. The lowest BCUT2D eigenvalue weighted by molar-refractivity contribution is -0.147. The number of rotatable bonds is 8.